The number of anilines is 1. The number of nitrogens with zero attached hydrogens (tertiary/aromatic N) is 3. The third-order valence-corrected chi connectivity index (χ3v) is 9.73. The molecule has 1 atom stereocenters. The molecule has 2 aromatic carbocycles. The first-order valence-electron chi connectivity index (χ1n) is 13.1. The first-order valence-corrected chi connectivity index (χ1v) is 14.6. The van der Waals surface area contributed by atoms with Crippen LogP contribution in [0.15, 0.2) is 59.9 Å². The number of aryl methyl sites for hydroxylation is 1. The smallest absolute Gasteiger partial charge is 0.361 e. The third-order valence-electron chi connectivity index (χ3n) is 7.91. The maximum absolute atomic E-state index is 13.8. The highest BCUT2D eigenvalue weighted by atomic mass is 32.2. The molecule has 2 heterocycles. The number of alkyl halides is 3. The van der Waals surface area contributed by atoms with Gasteiger partial charge in [-0.05, 0) is 61.1 Å². The van der Waals surface area contributed by atoms with E-state index in [1.807, 2.05) is 25.1 Å². The number of hydrogen-bond acceptors (Lipinski definition) is 4. The molecule has 38 heavy (non-hydrogen) atoms. The lowest BCUT2D eigenvalue weighted by Gasteiger charge is -2.35. The largest absolute Gasteiger partial charge is 0.416 e. The fourth-order valence-corrected chi connectivity index (χ4v) is 7.37. The molecule has 6 nitrogen and oxygen atoms in total. The lowest BCUT2D eigenvalue weighted by atomic mass is 9.97. The van der Waals surface area contributed by atoms with Crippen molar-refractivity contribution in [2.45, 2.75) is 75.7 Å². The zero-order valence-electron chi connectivity index (χ0n) is 21.4. The van der Waals surface area contributed by atoms with Gasteiger partial charge in [0.05, 0.1) is 29.0 Å². The van der Waals surface area contributed by atoms with Gasteiger partial charge in [0.2, 0.25) is 10.0 Å². The van der Waals surface area contributed by atoms with Gasteiger partial charge in [0.25, 0.3) is 0 Å². The minimum absolute atomic E-state index is 0.106. The van der Waals surface area contributed by atoms with Gasteiger partial charge in [-0.1, -0.05) is 43.9 Å². The summed E-state index contributed by atoms with van der Waals surface area (Å²) < 4.78 is 68.5. The molecule has 1 saturated carbocycles. The van der Waals surface area contributed by atoms with Gasteiger partial charge in [-0.3, -0.25) is 0 Å². The van der Waals surface area contributed by atoms with Crippen molar-refractivity contribution in [1.82, 2.24) is 14.3 Å². The number of imidazole rings is 1. The highest BCUT2D eigenvalue weighted by molar-refractivity contribution is 7.89. The van der Waals surface area contributed by atoms with E-state index in [4.69, 9.17) is 0 Å². The molecular weight excluding hydrogens is 513 g/mol. The summed E-state index contributed by atoms with van der Waals surface area (Å²) in [6.45, 7) is 2.99. The van der Waals surface area contributed by atoms with Crippen LogP contribution in [0.1, 0.15) is 60.9 Å². The van der Waals surface area contributed by atoms with Gasteiger partial charge < -0.3 is 9.88 Å². The van der Waals surface area contributed by atoms with Crippen molar-refractivity contribution in [2.75, 3.05) is 11.4 Å². The summed E-state index contributed by atoms with van der Waals surface area (Å²) in [5.41, 5.74) is 3.02. The number of hydrogen-bond donors (Lipinski definition) is 1. The van der Waals surface area contributed by atoms with E-state index in [1.165, 1.54) is 30.0 Å². The average Bonchev–Trinajstić information content (AvgIpc) is 3.56. The normalized spacial score (nSPS) is 19.5. The van der Waals surface area contributed by atoms with Crippen molar-refractivity contribution in [2.24, 2.45) is 5.92 Å². The summed E-state index contributed by atoms with van der Waals surface area (Å²) in [5, 5.41) is 0. The molecule has 0 unspecified atom stereocenters. The zero-order chi connectivity index (χ0) is 26.9. The molecule has 3 aromatic rings. The Morgan fingerprint density at radius 2 is 1.79 bits per heavy atom. The molecule has 1 aliphatic carbocycles. The van der Waals surface area contributed by atoms with E-state index >= 15 is 0 Å². The van der Waals surface area contributed by atoms with Crippen LogP contribution in [-0.4, -0.2) is 35.3 Å². The molecule has 5 rings (SSSR count). The van der Waals surface area contributed by atoms with E-state index in [-0.39, 0.29) is 24.0 Å². The number of sulfonamides is 1. The standard InChI is InChI=1S/C28H33F3N4O2S/c1-20-5-4-8-22-16-34(38(36,37)26-13-10-23(11-14-26)28(29,30)31)18-25(12-9-21-6-2-3-7-21)35(27(20)22)17-24-15-32-19-33-24/h4-5,8,10-11,13-15,19,21,25H,2-3,6-7,9,12,16-18H2,1H3,(H,32,33)/t25-/m1/s1. The Labute approximate surface area is 221 Å². The SMILES string of the molecule is Cc1cccc2c1N(Cc1cnc[nH]1)[C@H](CCC1CCCC1)CN(S(=O)(=O)c1ccc(C(F)(F)F)cc1)C2. The second-order valence-electron chi connectivity index (χ2n) is 10.5. The molecule has 0 radical (unpaired) electrons. The summed E-state index contributed by atoms with van der Waals surface area (Å²) in [6, 6.07) is 9.60. The Kier molecular flexibility index (Phi) is 7.55. The molecule has 0 bridgehead atoms. The van der Waals surface area contributed by atoms with Crippen LogP contribution >= 0.6 is 0 Å². The van der Waals surface area contributed by atoms with Crippen LogP contribution in [0.5, 0.6) is 0 Å². The number of halogens is 3. The number of H-pyrrole nitrogens is 1. The lowest BCUT2D eigenvalue weighted by Crippen LogP contribution is -2.43. The van der Waals surface area contributed by atoms with Gasteiger partial charge in [-0.2, -0.15) is 17.5 Å². The number of aromatic nitrogens is 2. The molecule has 0 spiro atoms. The van der Waals surface area contributed by atoms with E-state index in [2.05, 4.69) is 14.9 Å². The predicted molar refractivity (Wildman–Crippen MR) is 140 cm³/mol. The van der Waals surface area contributed by atoms with Gasteiger partial charge in [-0.25, -0.2) is 13.4 Å². The molecule has 1 aliphatic heterocycles. The van der Waals surface area contributed by atoms with Crippen molar-refractivity contribution in [3.8, 4) is 0 Å². The van der Waals surface area contributed by atoms with Crippen LogP contribution < -0.4 is 4.90 Å². The van der Waals surface area contributed by atoms with Gasteiger partial charge in [0.1, 0.15) is 0 Å². The monoisotopic (exact) mass is 546 g/mol. The summed E-state index contributed by atoms with van der Waals surface area (Å²) in [6.07, 6.45) is 5.62. The number of fused-ring (bicyclic) bond motifs is 1. The summed E-state index contributed by atoms with van der Waals surface area (Å²) in [5.74, 6) is 0.642. The molecule has 204 valence electrons. The molecule has 10 heteroatoms. The Balaban J connectivity index is 1.52. The highest BCUT2D eigenvalue weighted by Gasteiger charge is 2.36. The van der Waals surface area contributed by atoms with Crippen molar-refractivity contribution >= 4 is 15.7 Å². The molecule has 0 amide bonds. The van der Waals surface area contributed by atoms with E-state index in [9.17, 15) is 21.6 Å². The molecule has 1 fully saturated rings. The topological polar surface area (TPSA) is 69.3 Å². The maximum Gasteiger partial charge on any atom is 0.416 e. The maximum atomic E-state index is 13.8. The van der Waals surface area contributed by atoms with Gasteiger partial charge in [0.15, 0.2) is 0 Å². The quantitative estimate of drug-likeness (QED) is 0.378. The average molecular weight is 547 g/mol. The first-order chi connectivity index (χ1) is 18.1. The van der Waals surface area contributed by atoms with Crippen LogP contribution in [0.3, 0.4) is 0 Å². The molecule has 1 N–H and O–H groups in total. The number of rotatable bonds is 7. The third kappa shape index (κ3) is 5.61. The number of nitrogens with one attached hydrogen (secondary N) is 1. The Bertz CT molecular complexity index is 1340. The fourth-order valence-electron chi connectivity index (χ4n) is 5.91. The summed E-state index contributed by atoms with van der Waals surface area (Å²) in [4.78, 5) is 9.53. The zero-order valence-corrected chi connectivity index (χ0v) is 22.2. The van der Waals surface area contributed by atoms with E-state index in [0.717, 1.165) is 59.6 Å². The Morgan fingerprint density at radius 1 is 1.05 bits per heavy atom. The van der Waals surface area contributed by atoms with Crippen LogP contribution in [-0.2, 0) is 29.3 Å². The van der Waals surface area contributed by atoms with Crippen LogP contribution in [0.2, 0.25) is 0 Å². The van der Waals surface area contributed by atoms with Gasteiger partial charge in [0, 0.05) is 31.0 Å². The van der Waals surface area contributed by atoms with Gasteiger partial charge >= 0.3 is 6.18 Å². The number of aromatic amines is 1. The highest BCUT2D eigenvalue weighted by Crippen LogP contribution is 2.38. The van der Waals surface area contributed by atoms with Crippen molar-refractivity contribution in [1.29, 1.82) is 0 Å². The fraction of sp³-hybridized carbons (Fsp3) is 0.464. The lowest BCUT2D eigenvalue weighted by molar-refractivity contribution is -0.137. The Hall–Kier alpha value is -2.85. The molecule has 2 aliphatic rings. The van der Waals surface area contributed by atoms with Gasteiger partial charge in [-0.15, -0.1) is 0 Å². The van der Waals surface area contributed by atoms with Crippen LogP contribution in [0.25, 0.3) is 0 Å². The minimum Gasteiger partial charge on any atom is -0.361 e. The number of benzene rings is 2. The second kappa shape index (κ2) is 10.7. The molecule has 0 saturated heterocycles. The van der Waals surface area contributed by atoms with Crippen molar-refractivity contribution in [3.63, 3.8) is 0 Å². The van der Waals surface area contributed by atoms with E-state index < -0.39 is 21.8 Å². The van der Waals surface area contributed by atoms with E-state index in [0.29, 0.717) is 12.5 Å². The second-order valence-corrected chi connectivity index (χ2v) is 12.4. The van der Waals surface area contributed by atoms with Crippen molar-refractivity contribution in [3.05, 3.63) is 77.4 Å². The van der Waals surface area contributed by atoms with Crippen LogP contribution in [0, 0.1) is 12.8 Å². The van der Waals surface area contributed by atoms with Crippen LogP contribution in [0.4, 0.5) is 18.9 Å². The predicted octanol–water partition coefficient (Wildman–Crippen LogP) is 6.29. The van der Waals surface area contributed by atoms with Crippen molar-refractivity contribution < 1.29 is 21.6 Å². The minimum atomic E-state index is -4.53. The Morgan fingerprint density at radius 3 is 2.45 bits per heavy atom. The first kappa shape index (κ1) is 26.7. The summed E-state index contributed by atoms with van der Waals surface area (Å²) in [7, 11) is -4.04. The summed E-state index contributed by atoms with van der Waals surface area (Å²) >= 11 is 0. The number of para-hydroxylation sites is 1. The molecule has 1 aromatic heterocycles. The van der Waals surface area contributed by atoms with E-state index in [1.54, 1.807) is 12.5 Å². The molecular formula is C28H33F3N4O2S.